The molecule has 3 rings (SSSR count). The first-order valence-corrected chi connectivity index (χ1v) is 9.97. The number of piperidine rings is 1. The molecule has 1 aliphatic heterocycles. The molecule has 1 aliphatic rings. The average Bonchev–Trinajstić information content (AvgIpc) is 2.73. The molecule has 28 heavy (non-hydrogen) atoms. The fourth-order valence-corrected chi connectivity index (χ4v) is 3.42. The van der Waals surface area contributed by atoms with Gasteiger partial charge < -0.3 is 10.2 Å². The van der Waals surface area contributed by atoms with Gasteiger partial charge in [-0.15, -0.1) is 0 Å². The smallest absolute Gasteiger partial charge is 0.244 e. The van der Waals surface area contributed by atoms with Crippen molar-refractivity contribution in [3.05, 3.63) is 77.4 Å². The normalized spacial score (nSPS) is 15.0. The highest BCUT2D eigenvalue weighted by Crippen LogP contribution is 2.13. The first kappa shape index (κ1) is 19.9. The van der Waals surface area contributed by atoms with Crippen molar-refractivity contribution in [2.75, 3.05) is 13.1 Å². The molecule has 0 saturated carbocycles. The van der Waals surface area contributed by atoms with Crippen molar-refractivity contribution in [3.63, 3.8) is 0 Å². The third kappa shape index (κ3) is 6.08. The Labute approximate surface area is 167 Å². The summed E-state index contributed by atoms with van der Waals surface area (Å²) in [4.78, 5) is 26.5. The molecule has 0 aromatic heterocycles. The SMILES string of the molecule is Cc1ccc(CCC(=O)N2CCC(NC(=O)/C=C/c3ccccc3)CC2)cc1. The number of aryl methyl sites for hydroxylation is 2. The minimum Gasteiger partial charge on any atom is -0.350 e. The van der Waals surface area contributed by atoms with Crippen LogP contribution in [0.4, 0.5) is 0 Å². The molecule has 0 bridgehead atoms. The predicted molar refractivity (Wildman–Crippen MR) is 113 cm³/mol. The quantitative estimate of drug-likeness (QED) is 0.781. The van der Waals surface area contributed by atoms with Crippen LogP contribution >= 0.6 is 0 Å². The van der Waals surface area contributed by atoms with Crippen LogP contribution in [0.25, 0.3) is 6.08 Å². The first-order chi connectivity index (χ1) is 13.6. The Morgan fingerprint density at radius 3 is 2.39 bits per heavy atom. The van der Waals surface area contributed by atoms with Crippen molar-refractivity contribution in [2.45, 2.75) is 38.6 Å². The second-order valence-corrected chi connectivity index (χ2v) is 7.39. The van der Waals surface area contributed by atoms with Crippen molar-refractivity contribution >= 4 is 17.9 Å². The van der Waals surface area contributed by atoms with E-state index in [0.29, 0.717) is 19.5 Å². The molecule has 2 aromatic carbocycles. The van der Waals surface area contributed by atoms with Gasteiger partial charge in [0.25, 0.3) is 0 Å². The van der Waals surface area contributed by atoms with Gasteiger partial charge in [0.2, 0.25) is 11.8 Å². The lowest BCUT2D eigenvalue weighted by Gasteiger charge is -2.32. The van der Waals surface area contributed by atoms with Gasteiger partial charge in [-0.1, -0.05) is 60.2 Å². The van der Waals surface area contributed by atoms with Crippen LogP contribution in [0, 0.1) is 6.92 Å². The second-order valence-electron chi connectivity index (χ2n) is 7.39. The van der Waals surface area contributed by atoms with E-state index in [1.54, 1.807) is 6.08 Å². The largest absolute Gasteiger partial charge is 0.350 e. The number of carbonyl (C=O) groups is 2. The zero-order chi connectivity index (χ0) is 19.8. The maximum absolute atomic E-state index is 12.5. The number of hydrogen-bond acceptors (Lipinski definition) is 2. The van der Waals surface area contributed by atoms with Crippen molar-refractivity contribution in [1.29, 1.82) is 0 Å². The van der Waals surface area contributed by atoms with E-state index in [-0.39, 0.29) is 17.9 Å². The standard InChI is InChI=1S/C24H28N2O2/c1-19-7-9-21(10-8-19)12-14-24(28)26-17-15-22(16-18-26)25-23(27)13-11-20-5-3-2-4-6-20/h2-11,13,22H,12,14-18H2,1H3,(H,25,27)/b13-11+. The second kappa shape index (κ2) is 9.88. The number of carbonyl (C=O) groups excluding carboxylic acids is 2. The summed E-state index contributed by atoms with van der Waals surface area (Å²) < 4.78 is 0. The number of hydrogen-bond donors (Lipinski definition) is 1. The van der Waals surface area contributed by atoms with Gasteiger partial charge >= 0.3 is 0 Å². The summed E-state index contributed by atoms with van der Waals surface area (Å²) in [5.74, 6) is 0.127. The van der Waals surface area contributed by atoms with Crippen molar-refractivity contribution in [1.82, 2.24) is 10.2 Å². The Bertz CT molecular complexity index is 804. The Kier molecular flexibility index (Phi) is 7.01. The molecule has 0 aliphatic carbocycles. The van der Waals surface area contributed by atoms with Crippen LogP contribution in [0.2, 0.25) is 0 Å². The van der Waals surface area contributed by atoms with E-state index in [4.69, 9.17) is 0 Å². The van der Waals surface area contributed by atoms with Gasteiger partial charge in [-0.05, 0) is 43.4 Å². The number of nitrogens with one attached hydrogen (secondary N) is 1. The number of amides is 2. The van der Waals surface area contributed by atoms with E-state index in [1.165, 1.54) is 11.1 Å². The fraction of sp³-hybridized carbons (Fsp3) is 0.333. The molecule has 2 amide bonds. The zero-order valence-corrected chi connectivity index (χ0v) is 16.4. The molecule has 0 unspecified atom stereocenters. The zero-order valence-electron chi connectivity index (χ0n) is 16.4. The molecule has 4 heteroatoms. The third-order valence-corrected chi connectivity index (χ3v) is 5.17. The minimum absolute atomic E-state index is 0.0759. The molecule has 0 atom stereocenters. The molecular formula is C24H28N2O2. The van der Waals surface area contributed by atoms with Gasteiger partial charge in [0.1, 0.15) is 0 Å². The predicted octanol–water partition coefficient (Wildman–Crippen LogP) is 3.75. The van der Waals surface area contributed by atoms with Crippen molar-refractivity contribution in [3.8, 4) is 0 Å². The molecule has 2 aromatic rings. The van der Waals surface area contributed by atoms with Crippen molar-refractivity contribution in [2.24, 2.45) is 0 Å². The Morgan fingerprint density at radius 2 is 1.71 bits per heavy atom. The molecular weight excluding hydrogens is 348 g/mol. The Morgan fingerprint density at radius 1 is 1.04 bits per heavy atom. The highest BCUT2D eigenvalue weighted by molar-refractivity contribution is 5.91. The van der Waals surface area contributed by atoms with E-state index in [2.05, 4.69) is 36.5 Å². The van der Waals surface area contributed by atoms with Crippen LogP contribution in [-0.2, 0) is 16.0 Å². The first-order valence-electron chi connectivity index (χ1n) is 9.97. The summed E-state index contributed by atoms with van der Waals surface area (Å²) in [6.07, 6.45) is 6.33. The molecule has 1 fully saturated rings. The summed E-state index contributed by atoms with van der Waals surface area (Å²) in [6, 6.07) is 18.3. The molecule has 0 radical (unpaired) electrons. The molecule has 146 valence electrons. The van der Waals surface area contributed by atoms with E-state index >= 15 is 0 Å². The number of nitrogens with zero attached hydrogens (tertiary/aromatic N) is 1. The van der Waals surface area contributed by atoms with Crippen LogP contribution in [0.15, 0.2) is 60.7 Å². The molecule has 1 heterocycles. The fourth-order valence-electron chi connectivity index (χ4n) is 3.42. The molecule has 1 saturated heterocycles. The van der Waals surface area contributed by atoms with Gasteiger partial charge in [0.15, 0.2) is 0 Å². The lowest BCUT2D eigenvalue weighted by atomic mass is 10.0. The van der Waals surface area contributed by atoms with Gasteiger partial charge in [0, 0.05) is 31.6 Å². The lowest BCUT2D eigenvalue weighted by molar-refractivity contribution is -0.132. The minimum atomic E-state index is -0.0759. The van der Waals surface area contributed by atoms with Crippen LogP contribution < -0.4 is 5.32 Å². The Balaban J connectivity index is 1.38. The van der Waals surface area contributed by atoms with Crippen LogP contribution in [-0.4, -0.2) is 35.8 Å². The van der Waals surface area contributed by atoms with E-state index in [1.807, 2.05) is 41.3 Å². The van der Waals surface area contributed by atoms with Gasteiger partial charge in [-0.2, -0.15) is 0 Å². The summed E-state index contributed by atoms with van der Waals surface area (Å²) in [5.41, 5.74) is 3.44. The van der Waals surface area contributed by atoms with E-state index in [9.17, 15) is 9.59 Å². The average molecular weight is 377 g/mol. The van der Waals surface area contributed by atoms with Gasteiger partial charge in [-0.3, -0.25) is 9.59 Å². The van der Waals surface area contributed by atoms with Crippen LogP contribution in [0.3, 0.4) is 0 Å². The maximum Gasteiger partial charge on any atom is 0.244 e. The highest BCUT2D eigenvalue weighted by Gasteiger charge is 2.23. The van der Waals surface area contributed by atoms with E-state index < -0.39 is 0 Å². The summed E-state index contributed by atoms with van der Waals surface area (Å²) >= 11 is 0. The van der Waals surface area contributed by atoms with Crippen LogP contribution in [0.5, 0.6) is 0 Å². The molecule has 1 N–H and O–H groups in total. The van der Waals surface area contributed by atoms with Gasteiger partial charge in [-0.25, -0.2) is 0 Å². The summed E-state index contributed by atoms with van der Waals surface area (Å²) in [5, 5.41) is 3.05. The number of benzene rings is 2. The van der Waals surface area contributed by atoms with Crippen molar-refractivity contribution < 1.29 is 9.59 Å². The van der Waals surface area contributed by atoms with E-state index in [0.717, 1.165) is 24.8 Å². The Hall–Kier alpha value is -2.88. The topological polar surface area (TPSA) is 49.4 Å². The number of rotatable bonds is 6. The number of likely N-dealkylation sites (tertiary alicyclic amines) is 1. The maximum atomic E-state index is 12.5. The monoisotopic (exact) mass is 376 g/mol. The highest BCUT2D eigenvalue weighted by atomic mass is 16.2. The molecule has 4 nitrogen and oxygen atoms in total. The van der Waals surface area contributed by atoms with Crippen LogP contribution in [0.1, 0.15) is 36.0 Å². The summed E-state index contributed by atoms with van der Waals surface area (Å²) in [6.45, 7) is 3.48. The lowest BCUT2D eigenvalue weighted by Crippen LogP contribution is -2.46. The third-order valence-electron chi connectivity index (χ3n) is 5.17. The molecule has 0 spiro atoms. The van der Waals surface area contributed by atoms with Gasteiger partial charge in [0.05, 0.1) is 0 Å². The summed E-state index contributed by atoms with van der Waals surface area (Å²) in [7, 11) is 0.